The van der Waals surface area contributed by atoms with Crippen LogP contribution in [0.15, 0.2) is 12.1 Å². The van der Waals surface area contributed by atoms with Crippen molar-refractivity contribution in [3.05, 3.63) is 29.3 Å². The van der Waals surface area contributed by atoms with Gasteiger partial charge in [0.25, 0.3) is 0 Å². The Hall–Kier alpha value is -1.45. The lowest BCUT2D eigenvalue weighted by atomic mass is 9.97. The Bertz CT molecular complexity index is 459. The zero-order chi connectivity index (χ0) is 12.6. The molecule has 1 heterocycles. The molecule has 4 heteroatoms. The van der Waals surface area contributed by atoms with Crippen LogP contribution in [0.4, 0.5) is 14.5 Å². The summed E-state index contributed by atoms with van der Waals surface area (Å²) in [5.74, 6) is -1.08. The topological polar surface area (TPSA) is 20.3 Å². The van der Waals surface area contributed by atoms with Crippen molar-refractivity contribution in [1.29, 1.82) is 0 Å². The average molecular weight is 239 g/mol. The highest BCUT2D eigenvalue weighted by molar-refractivity contribution is 5.83. The molecule has 0 amide bonds. The standard InChI is InChI=1S/C13H15F2NO/c1-8-3-4-10(14)13(12(8)15)16-6-5-11(17)9(2)7-16/h3-4,9H,5-7H2,1-2H3. The van der Waals surface area contributed by atoms with E-state index >= 15 is 0 Å². The van der Waals surface area contributed by atoms with Gasteiger partial charge in [-0.3, -0.25) is 4.79 Å². The number of piperidine rings is 1. The van der Waals surface area contributed by atoms with Crippen LogP contribution in [0.2, 0.25) is 0 Å². The summed E-state index contributed by atoms with van der Waals surface area (Å²) < 4.78 is 27.6. The third-order valence-corrected chi connectivity index (χ3v) is 3.25. The number of nitrogens with zero attached hydrogens (tertiary/aromatic N) is 1. The van der Waals surface area contributed by atoms with Crippen molar-refractivity contribution in [2.75, 3.05) is 18.0 Å². The van der Waals surface area contributed by atoms with Crippen LogP contribution in [0.1, 0.15) is 18.9 Å². The maximum Gasteiger partial charge on any atom is 0.152 e. The molecule has 0 radical (unpaired) electrons. The summed E-state index contributed by atoms with van der Waals surface area (Å²) in [7, 11) is 0. The van der Waals surface area contributed by atoms with E-state index in [4.69, 9.17) is 0 Å². The molecule has 0 aromatic heterocycles. The zero-order valence-corrected chi connectivity index (χ0v) is 9.96. The summed E-state index contributed by atoms with van der Waals surface area (Å²) in [6.45, 7) is 4.17. The van der Waals surface area contributed by atoms with Gasteiger partial charge in [0, 0.05) is 25.4 Å². The number of Topliss-reactive ketones (excluding diaryl/α,β-unsaturated/α-hetero) is 1. The molecule has 0 saturated carbocycles. The molecule has 1 aliphatic heterocycles. The van der Waals surface area contributed by atoms with Crippen LogP contribution >= 0.6 is 0 Å². The minimum absolute atomic E-state index is 0.00403. The first-order chi connectivity index (χ1) is 8.00. The van der Waals surface area contributed by atoms with Crippen molar-refractivity contribution in [2.24, 2.45) is 5.92 Å². The van der Waals surface area contributed by atoms with E-state index in [1.165, 1.54) is 12.1 Å². The van der Waals surface area contributed by atoms with E-state index in [9.17, 15) is 13.6 Å². The predicted octanol–water partition coefficient (Wildman–Crippen LogP) is 2.69. The molecule has 17 heavy (non-hydrogen) atoms. The van der Waals surface area contributed by atoms with E-state index < -0.39 is 11.6 Å². The van der Waals surface area contributed by atoms with Gasteiger partial charge in [-0.2, -0.15) is 0 Å². The molecule has 0 aliphatic carbocycles. The number of carbonyl (C=O) groups is 1. The van der Waals surface area contributed by atoms with Gasteiger partial charge < -0.3 is 4.90 Å². The maximum atomic E-state index is 13.9. The Morgan fingerprint density at radius 1 is 1.35 bits per heavy atom. The van der Waals surface area contributed by atoms with Gasteiger partial charge in [0.15, 0.2) is 5.82 Å². The van der Waals surface area contributed by atoms with Gasteiger partial charge in [0.05, 0.1) is 0 Å². The average Bonchev–Trinajstić information content (AvgIpc) is 2.29. The monoisotopic (exact) mass is 239 g/mol. The lowest BCUT2D eigenvalue weighted by Crippen LogP contribution is -2.40. The van der Waals surface area contributed by atoms with Gasteiger partial charge in [-0.1, -0.05) is 13.0 Å². The SMILES string of the molecule is Cc1ccc(F)c(N2CCC(=O)C(C)C2)c1F. The smallest absolute Gasteiger partial charge is 0.152 e. The molecule has 0 spiro atoms. The molecule has 1 fully saturated rings. The minimum atomic E-state index is -0.561. The van der Waals surface area contributed by atoms with E-state index in [1.807, 2.05) is 0 Å². The molecule has 1 aliphatic rings. The molecular formula is C13H15F2NO. The zero-order valence-electron chi connectivity index (χ0n) is 9.96. The highest BCUT2D eigenvalue weighted by atomic mass is 19.1. The summed E-state index contributed by atoms with van der Waals surface area (Å²) in [5, 5.41) is 0. The van der Waals surface area contributed by atoms with Crippen molar-refractivity contribution in [1.82, 2.24) is 0 Å². The second kappa shape index (κ2) is 4.43. The molecule has 1 atom stereocenters. The Balaban J connectivity index is 2.35. The van der Waals surface area contributed by atoms with Gasteiger partial charge in [0.1, 0.15) is 17.3 Å². The van der Waals surface area contributed by atoms with Gasteiger partial charge in [-0.05, 0) is 18.6 Å². The molecule has 1 unspecified atom stereocenters. The number of benzene rings is 1. The fourth-order valence-electron chi connectivity index (χ4n) is 2.15. The van der Waals surface area contributed by atoms with E-state index in [-0.39, 0.29) is 17.4 Å². The molecule has 2 nitrogen and oxygen atoms in total. The minimum Gasteiger partial charge on any atom is -0.366 e. The Kier molecular flexibility index (Phi) is 3.13. The number of aryl methyl sites for hydroxylation is 1. The van der Waals surface area contributed by atoms with Crippen molar-refractivity contribution < 1.29 is 13.6 Å². The fourth-order valence-corrected chi connectivity index (χ4v) is 2.15. The lowest BCUT2D eigenvalue weighted by Gasteiger charge is -2.32. The number of carbonyl (C=O) groups excluding carboxylic acids is 1. The van der Waals surface area contributed by atoms with Gasteiger partial charge in [-0.15, -0.1) is 0 Å². The van der Waals surface area contributed by atoms with Gasteiger partial charge >= 0.3 is 0 Å². The van der Waals surface area contributed by atoms with Crippen LogP contribution in [-0.4, -0.2) is 18.9 Å². The van der Waals surface area contributed by atoms with Gasteiger partial charge in [-0.25, -0.2) is 8.78 Å². The number of ketones is 1. The van der Waals surface area contributed by atoms with E-state index in [2.05, 4.69) is 0 Å². The Labute approximate surface area is 99.2 Å². The number of halogens is 2. The van der Waals surface area contributed by atoms with Crippen LogP contribution in [0.3, 0.4) is 0 Å². The van der Waals surface area contributed by atoms with Crippen molar-refractivity contribution in [3.63, 3.8) is 0 Å². The van der Waals surface area contributed by atoms with Crippen molar-refractivity contribution in [2.45, 2.75) is 20.3 Å². The number of hydrogen-bond donors (Lipinski definition) is 0. The first-order valence-electron chi connectivity index (χ1n) is 5.73. The summed E-state index contributed by atoms with van der Waals surface area (Å²) in [4.78, 5) is 13.0. The number of rotatable bonds is 1. The van der Waals surface area contributed by atoms with Crippen molar-refractivity contribution in [3.8, 4) is 0 Å². The highest BCUT2D eigenvalue weighted by Gasteiger charge is 2.27. The highest BCUT2D eigenvalue weighted by Crippen LogP contribution is 2.28. The van der Waals surface area contributed by atoms with Crippen LogP contribution < -0.4 is 4.90 Å². The number of hydrogen-bond acceptors (Lipinski definition) is 2. The van der Waals surface area contributed by atoms with E-state index in [1.54, 1.807) is 18.7 Å². The predicted molar refractivity (Wildman–Crippen MR) is 62.1 cm³/mol. The quantitative estimate of drug-likeness (QED) is 0.751. The van der Waals surface area contributed by atoms with Crippen LogP contribution in [0.25, 0.3) is 0 Å². The molecule has 92 valence electrons. The Morgan fingerprint density at radius 3 is 2.71 bits per heavy atom. The first kappa shape index (κ1) is 12.0. The molecule has 1 aromatic carbocycles. The second-order valence-electron chi connectivity index (χ2n) is 4.59. The first-order valence-corrected chi connectivity index (χ1v) is 5.73. The molecule has 0 bridgehead atoms. The molecule has 1 saturated heterocycles. The molecule has 1 aromatic rings. The lowest BCUT2D eigenvalue weighted by molar-refractivity contribution is -0.122. The molecule has 0 N–H and O–H groups in total. The third-order valence-electron chi connectivity index (χ3n) is 3.25. The molecule has 2 rings (SSSR count). The third kappa shape index (κ3) is 2.16. The summed E-state index contributed by atoms with van der Waals surface area (Å²) in [6, 6.07) is 2.70. The van der Waals surface area contributed by atoms with Crippen LogP contribution in [0, 0.1) is 24.5 Å². The van der Waals surface area contributed by atoms with Crippen molar-refractivity contribution >= 4 is 11.5 Å². The summed E-state index contributed by atoms with van der Waals surface area (Å²) >= 11 is 0. The summed E-state index contributed by atoms with van der Waals surface area (Å²) in [6.07, 6.45) is 0.355. The number of anilines is 1. The van der Waals surface area contributed by atoms with Crippen LogP contribution in [-0.2, 0) is 4.79 Å². The summed E-state index contributed by atoms with van der Waals surface area (Å²) in [5.41, 5.74) is 0.426. The fraction of sp³-hybridized carbons (Fsp3) is 0.462. The molecular weight excluding hydrogens is 224 g/mol. The second-order valence-corrected chi connectivity index (χ2v) is 4.59. The maximum absolute atomic E-state index is 13.9. The van der Waals surface area contributed by atoms with E-state index in [0.717, 1.165) is 0 Å². The largest absolute Gasteiger partial charge is 0.366 e. The Morgan fingerprint density at radius 2 is 2.06 bits per heavy atom. The van der Waals surface area contributed by atoms with Gasteiger partial charge in [0.2, 0.25) is 0 Å². The normalized spacial score (nSPS) is 20.8. The van der Waals surface area contributed by atoms with Crippen LogP contribution in [0.5, 0.6) is 0 Å². The van der Waals surface area contributed by atoms with E-state index in [0.29, 0.717) is 25.1 Å².